The largest absolute Gasteiger partial charge is 0.381 e. The van der Waals surface area contributed by atoms with Crippen LogP contribution in [0.2, 0.25) is 0 Å². The minimum absolute atomic E-state index is 0.141. The van der Waals surface area contributed by atoms with Crippen molar-refractivity contribution in [1.82, 2.24) is 15.2 Å². The van der Waals surface area contributed by atoms with Crippen LogP contribution in [0.5, 0.6) is 0 Å². The fraction of sp³-hybridized carbons (Fsp3) is 0.647. The third-order valence-corrected chi connectivity index (χ3v) is 4.57. The second kappa shape index (κ2) is 7.70. The van der Waals surface area contributed by atoms with Crippen molar-refractivity contribution in [1.29, 1.82) is 0 Å². The van der Waals surface area contributed by atoms with Gasteiger partial charge in [-0.15, -0.1) is 0 Å². The highest BCUT2D eigenvalue weighted by Gasteiger charge is 2.26. The Hall–Kier alpha value is -1.46. The van der Waals surface area contributed by atoms with Crippen LogP contribution in [0.15, 0.2) is 24.5 Å². The number of ether oxygens (including phenoxy) is 1. The number of hydrogen-bond acceptors (Lipinski definition) is 4. The first-order chi connectivity index (χ1) is 10.8. The maximum atomic E-state index is 12.3. The molecule has 1 N–H and O–H groups in total. The molecule has 1 aromatic heterocycles. The maximum Gasteiger partial charge on any atom is 0.223 e. The highest BCUT2D eigenvalue weighted by Crippen LogP contribution is 2.17. The average Bonchev–Trinajstić information content (AvgIpc) is 2.57. The van der Waals surface area contributed by atoms with E-state index in [0.29, 0.717) is 0 Å². The van der Waals surface area contributed by atoms with Crippen LogP contribution in [-0.4, -0.2) is 48.1 Å². The standard InChI is InChI=1S/C17H25N3O2/c21-17(15-5-9-22-10-6-15)19-16-4-2-8-20(13-16)12-14-3-1-7-18-11-14/h1,3,7,11,15-16H,2,4-6,8-10,12-13H2,(H,19,21). The number of likely N-dealkylation sites (tertiary alicyclic amines) is 1. The van der Waals surface area contributed by atoms with E-state index in [1.807, 2.05) is 12.3 Å². The lowest BCUT2D eigenvalue weighted by atomic mass is 9.97. The van der Waals surface area contributed by atoms with Crippen molar-refractivity contribution in [2.75, 3.05) is 26.3 Å². The predicted octanol–water partition coefficient (Wildman–Crippen LogP) is 1.59. The van der Waals surface area contributed by atoms with Crippen LogP contribution < -0.4 is 5.32 Å². The van der Waals surface area contributed by atoms with Crippen LogP contribution in [0.4, 0.5) is 0 Å². The van der Waals surface area contributed by atoms with Crippen LogP contribution in [0.3, 0.4) is 0 Å². The summed E-state index contributed by atoms with van der Waals surface area (Å²) in [4.78, 5) is 18.9. The second-order valence-corrected chi connectivity index (χ2v) is 6.33. The van der Waals surface area contributed by atoms with E-state index in [1.165, 1.54) is 5.56 Å². The van der Waals surface area contributed by atoms with Crippen molar-refractivity contribution in [2.24, 2.45) is 5.92 Å². The molecule has 22 heavy (non-hydrogen) atoms. The van der Waals surface area contributed by atoms with Gasteiger partial charge in [0, 0.05) is 50.7 Å². The van der Waals surface area contributed by atoms with Crippen molar-refractivity contribution >= 4 is 5.91 Å². The molecule has 1 amide bonds. The Kier molecular flexibility index (Phi) is 5.40. The van der Waals surface area contributed by atoms with E-state index in [-0.39, 0.29) is 17.9 Å². The van der Waals surface area contributed by atoms with E-state index < -0.39 is 0 Å². The van der Waals surface area contributed by atoms with Crippen LogP contribution in [-0.2, 0) is 16.1 Å². The number of piperidine rings is 1. The summed E-state index contributed by atoms with van der Waals surface area (Å²) >= 11 is 0. The number of rotatable bonds is 4. The number of nitrogens with one attached hydrogen (secondary N) is 1. The number of carbonyl (C=O) groups excluding carboxylic acids is 1. The maximum absolute atomic E-state index is 12.3. The molecule has 3 rings (SSSR count). The average molecular weight is 303 g/mol. The lowest BCUT2D eigenvalue weighted by Gasteiger charge is -2.34. The zero-order valence-electron chi connectivity index (χ0n) is 13.0. The van der Waals surface area contributed by atoms with Gasteiger partial charge < -0.3 is 10.1 Å². The molecule has 2 aliphatic heterocycles. The van der Waals surface area contributed by atoms with Gasteiger partial charge in [0.2, 0.25) is 5.91 Å². The molecule has 0 saturated carbocycles. The Morgan fingerprint density at radius 2 is 2.23 bits per heavy atom. The quantitative estimate of drug-likeness (QED) is 0.918. The summed E-state index contributed by atoms with van der Waals surface area (Å²) in [6.07, 6.45) is 7.66. The first-order valence-electron chi connectivity index (χ1n) is 8.30. The van der Waals surface area contributed by atoms with Crippen molar-refractivity contribution < 1.29 is 9.53 Å². The summed E-state index contributed by atoms with van der Waals surface area (Å²) in [5.74, 6) is 0.360. The molecule has 5 nitrogen and oxygen atoms in total. The van der Waals surface area contributed by atoms with Gasteiger partial charge in [0.1, 0.15) is 0 Å². The number of carbonyl (C=O) groups is 1. The highest BCUT2D eigenvalue weighted by atomic mass is 16.5. The van der Waals surface area contributed by atoms with Gasteiger partial charge in [-0.25, -0.2) is 0 Å². The van der Waals surface area contributed by atoms with Crippen molar-refractivity contribution in [3.63, 3.8) is 0 Å². The third kappa shape index (κ3) is 4.27. The van der Waals surface area contributed by atoms with Crippen LogP contribution in [0, 0.1) is 5.92 Å². The van der Waals surface area contributed by atoms with E-state index in [2.05, 4.69) is 21.3 Å². The molecule has 1 unspecified atom stereocenters. The Bertz CT molecular complexity index is 474. The van der Waals surface area contributed by atoms with Crippen molar-refractivity contribution in [3.8, 4) is 0 Å². The molecule has 0 aromatic carbocycles. The summed E-state index contributed by atoms with van der Waals surface area (Å²) in [5, 5.41) is 3.25. The highest BCUT2D eigenvalue weighted by molar-refractivity contribution is 5.79. The molecule has 2 fully saturated rings. The lowest BCUT2D eigenvalue weighted by Crippen LogP contribution is -2.49. The molecule has 2 aliphatic rings. The van der Waals surface area contributed by atoms with Crippen molar-refractivity contribution in [3.05, 3.63) is 30.1 Å². The molecule has 0 radical (unpaired) electrons. The van der Waals surface area contributed by atoms with Crippen LogP contribution in [0.25, 0.3) is 0 Å². The predicted molar refractivity (Wildman–Crippen MR) is 84.2 cm³/mol. The number of pyridine rings is 1. The smallest absolute Gasteiger partial charge is 0.223 e. The Balaban J connectivity index is 1.48. The number of hydrogen-bond donors (Lipinski definition) is 1. The second-order valence-electron chi connectivity index (χ2n) is 6.33. The molecule has 120 valence electrons. The molecule has 0 bridgehead atoms. The summed E-state index contributed by atoms with van der Waals surface area (Å²) in [5.41, 5.74) is 1.24. The van der Waals surface area contributed by atoms with Gasteiger partial charge in [-0.05, 0) is 43.9 Å². The van der Waals surface area contributed by atoms with Gasteiger partial charge in [-0.3, -0.25) is 14.7 Å². The van der Waals surface area contributed by atoms with Crippen LogP contribution >= 0.6 is 0 Å². The summed E-state index contributed by atoms with van der Waals surface area (Å²) in [6, 6.07) is 4.36. The Labute approximate surface area is 132 Å². The molecular weight excluding hydrogens is 278 g/mol. The number of amides is 1. The zero-order valence-corrected chi connectivity index (χ0v) is 13.0. The minimum Gasteiger partial charge on any atom is -0.381 e. The SMILES string of the molecule is O=C(NC1CCCN(Cc2cccnc2)C1)C1CCOCC1. The fourth-order valence-electron chi connectivity index (χ4n) is 3.35. The van der Waals surface area contributed by atoms with Gasteiger partial charge in [0.15, 0.2) is 0 Å². The first-order valence-corrected chi connectivity index (χ1v) is 8.30. The molecule has 3 heterocycles. The number of aromatic nitrogens is 1. The van der Waals surface area contributed by atoms with E-state index >= 15 is 0 Å². The molecular formula is C17H25N3O2. The summed E-state index contributed by atoms with van der Waals surface area (Å²) < 4.78 is 5.33. The summed E-state index contributed by atoms with van der Waals surface area (Å²) in [7, 11) is 0. The molecule has 0 aliphatic carbocycles. The zero-order chi connectivity index (χ0) is 15.2. The third-order valence-electron chi connectivity index (χ3n) is 4.57. The number of nitrogens with zero attached hydrogens (tertiary/aromatic N) is 2. The van der Waals surface area contributed by atoms with Crippen LogP contribution in [0.1, 0.15) is 31.2 Å². The molecule has 5 heteroatoms. The monoisotopic (exact) mass is 303 g/mol. The molecule has 1 atom stereocenters. The molecule has 0 spiro atoms. The normalized spacial score (nSPS) is 24.1. The van der Waals surface area contributed by atoms with Gasteiger partial charge >= 0.3 is 0 Å². The van der Waals surface area contributed by atoms with Gasteiger partial charge in [-0.2, -0.15) is 0 Å². The van der Waals surface area contributed by atoms with Gasteiger partial charge in [0.25, 0.3) is 0 Å². The van der Waals surface area contributed by atoms with E-state index in [1.54, 1.807) is 6.20 Å². The van der Waals surface area contributed by atoms with E-state index in [4.69, 9.17) is 4.74 Å². The molecule has 2 saturated heterocycles. The van der Waals surface area contributed by atoms with E-state index in [9.17, 15) is 4.79 Å². The van der Waals surface area contributed by atoms with Gasteiger partial charge in [-0.1, -0.05) is 6.07 Å². The Morgan fingerprint density at radius 1 is 1.36 bits per heavy atom. The van der Waals surface area contributed by atoms with Gasteiger partial charge in [0.05, 0.1) is 0 Å². The molecule has 1 aromatic rings. The first kappa shape index (κ1) is 15.4. The minimum atomic E-state index is 0.141. The van der Waals surface area contributed by atoms with Crippen molar-refractivity contribution in [2.45, 2.75) is 38.3 Å². The fourth-order valence-corrected chi connectivity index (χ4v) is 3.35. The Morgan fingerprint density at radius 3 is 3.00 bits per heavy atom. The van der Waals surface area contributed by atoms with E-state index in [0.717, 1.165) is 58.5 Å². The lowest BCUT2D eigenvalue weighted by molar-refractivity contribution is -0.129. The summed E-state index contributed by atoms with van der Waals surface area (Å²) in [6.45, 7) is 4.38. The topological polar surface area (TPSA) is 54.5 Å².